The Hall–Kier alpha value is -3.12. The maximum absolute atomic E-state index is 12.8. The Morgan fingerprint density at radius 1 is 1.32 bits per heavy atom. The highest BCUT2D eigenvalue weighted by Crippen LogP contribution is 2.26. The maximum atomic E-state index is 12.8. The van der Waals surface area contributed by atoms with Crippen LogP contribution in [0.5, 0.6) is 0 Å². The minimum atomic E-state index is -0.818. The lowest BCUT2D eigenvalue weighted by molar-refractivity contribution is 0.102. The largest absolute Gasteiger partial charge is 0.461 e. The van der Waals surface area contributed by atoms with E-state index in [0.717, 1.165) is 16.3 Å². The Balaban J connectivity index is 1.86. The van der Waals surface area contributed by atoms with E-state index >= 15 is 0 Å². The molecule has 31 heavy (non-hydrogen) atoms. The molecule has 166 valence electrons. The van der Waals surface area contributed by atoms with Gasteiger partial charge in [0.1, 0.15) is 11.4 Å². The number of anilines is 1. The summed E-state index contributed by atoms with van der Waals surface area (Å²) in [5.41, 5.74) is 4.20. The van der Waals surface area contributed by atoms with Crippen LogP contribution in [0.25, 0.3) is 11.6 Å². The molecule has 0 atom stereocenters. The highest BCUT2D eigenvalue weighted by molar-refractivity contribution is 7.99. The molecule has 0 amide bonds. The summed E-state index contributed by atoms with van der Waals surface area (Å²) in [7, 11) is 1.47. The third-order valence-electron chi connectivity index (χ3n) is 4.38. The smallest absolute Gasteiger partial charge is 0.330 e. The number of aromatic amines is 1. The van der Waals surface area contributed by atoms with E-state index in [1.807, 2.05) is 4.57 Å². The molecule has 0 aliphatic carbocycles. The van der Waals surface area contributed by atoms with Crippen molar-refractivity contribution >= 4 is 23.4 Å². The molecule has 0 aromatic carbocycles. The number of methoxy groups -OCH3 is 1. The molecule has 3 N–H and O–H groups in total. The number of hydrogen-bond acceptors (Lipinski definition) is 9. The Morgan fingerprint density at radius 3 is 2.74 bits per heavy atom. The number of nitrogen functional groups attached to an aromatic ring is 1. The van der Waals surface area contributed by atoms with E-state index < -0.39 is 17.0 Å². The van der Waals surface area contributed by atoms with Crippen LogP contribution < -0.4 is 17.0 Å². The van der Waals surface area contributed by atoms with Crippen molar-refractivity contribution in [1.29, 1.82) is 0 Å². The molecule has 0 aliphatic rings. The Labute approximate surface area is 181 Å². The van der Waals surface area contributed by atoms with Crippen molar-refractivity contribution in [2.75, 3.05) is 25.2 Å². The summed E-state index contributed by atoms with van der Waals surface area (Å²) < 4.78 is 13.4. The van der Waals surface area contributed by atoms with Gasteiger partial charge in [0.15, 0.2) is 22.5 Å². The third kappa shape index (κ3) is 4.97. The van der Waals surface area contributed by atoms with Gasteiger partial charge in [-0.15, -0.1) is 10.2 Å². The molecular weight excluding hydrogens is 424 g/mol. The van der Waals surface area contributed by atoms with Crippen LogP contribution in [0.1, 0.15) is 24.2 Å². The van der Waals surface area contributed by atoms with Gasteiger partial charge in [0.2, 0.25) is 0 Å². The number of thioether (sulfide) groups is 1. The van der Waals surface area contributed by atoms with E-state index in [2.05, 4.69) is 29.0 Å². The molecule has 3 rings (SSSR count). The predicted molar refractivity (Wildman–Crippen MR) is 115 cm³/mol. The van der Waals surface area contributed by atoms with Crippen molar-refractivity contribution in [2.45, 2.75) is 32.1 Å². The molecule has 12 heteroatoms. The monoisotopic (exact) mass is 448 g/mol. The number of carbonyl (C=O) groups excluding carboxylic acids is 1. The molecule has 0 fully saturated rings. The number of aromatic nitrogens is 5. The molecule has 0 bridgehead atoms. The van der Waals surface area contributed by atoms with Gasteiger partial charge < -0.3 is 14.9 Å². The van der Waals surface area contributed by atoms with E-state index in [-0.39, 0.29) is 30.3 Å². The van der Waals surface area contributed by atoms with Crippen LogP contribution in [0.2, 0.25) is 0 Å². The van der Waals surface area contributed by atoms with Gasteiger partial charge in [0.05, 0.1) is 25.2 Å². The normalized spacial score (nSPS) is 11.4. The number of H-pyrrole nitrogens is 1. The van der Waals surface area contributed by atoms with Gasteiger partial charge in [-0.1, -0.05) is 25.6 Å². The number of nitrogens with zero attached hydrogens (tertiary/aromatic N) is 4. The zero-order valence-electron chi connectivity index (χ0n) is 17.5. The molecule has 0 saturated heterocycles. The van der Waals surface area contributed by atoms with Crippen molar-refractivity contribution in [1.82, 2.24) is 24.3 Å². The lowest BCUT2D eigenvalue weighted by Crippen LogP contribution is -2.37. The molecule has 11 nitrogen and oxygen atoms in total. The van der Waals surface area contributed by atoms with Gasteiger partial charge in [0.25, 0.3) is 5.56 Å². The van der Waals surface area contributed by atoms with Crippen LogP contribution in [-0.4, -0.2) is 49.6 Å². The van der Waals surface area contributed by atoms with E-state index in [4.69, 9.17) is 14.9 Å². The van der Waals surface area contributed by atoms with Gasteiger partial charge in [-0.3, -0.25) is 23.7 Å². The molecule has 0 saturated carbocycles. The number of nitrogens with two attached hydrogens (primary N) is 1. The van der Waals surface area contributed by atoms with Crippen molar-refractivity contribution in [2.24, 2.45) is 5.92 Å². The number of Topliss-reactive ketones (excluding diaryl/α,β-unsaturated/α-hetero) is 1. The van der Waals surface area contributed by atoms with Crippen LogP contribution in [-0.2, 0) is 17.8 Å². The number of hydrogen-bond donors (Lipinski definition) is 2. The summed E-state index contributed by atoms with van der Waals surface area (Å²) in [5, 5.41) is 8.89. The second-order valence-electron chi connectivity index (χ2n) is 7.16. The molecule has 0 aliphatic heterocycles. The number of furan rings is 1. The topological polar surface area (TPSA) is 151 Å². The SMILES string of the molecule is COCCn1c(N)c(C(=O)CSc2nnc(-c3ccco3)n2CC(C)C)c(=O)[nH]c1=O. The first-order chi connectivity index (χ1) is 14.8. The Bertz CT molecular complexity index is 1160. The van der Waals surface area contributed by atoms with Crippen LogP contribution in [0, 0.1) is 5.92 Å². The average Bonchev–Trinajstić information content (AvgIpc) is 3.35. The molecule has 3 aromatic rings. The minimum absolute atomic E-state index is 0.107. The average molecular weight is 449 g/mol. The lowest BCUT2D eigenvalue weighted by Gasteiger charge is -2.12. The van der Waals surface area contributed by atoms with Gasteiger partial charge >= 0.3 is 5.69 Å². The van der Waals surface area contributed by atoms with Crippen molar-refractivity contribution in [3.05, 3.63) is 44.8 Å². The maximum Gasteiger partial charge on any atom is 0.330 e. The number of ketones is 1. The van der Waals surface area contributed by atoms with E-state index in [1.165, 1.54) is 7.11 Å². The number of rotatable bonds is 10. The van der Waals surface area contributed by atoms with Gasteiger partial charge in [-0.05, 0) is 18.1 Å². The van der Waals surface area contributed by atoms with Crippen molar-refractivity contribution in [3.63, 3.8) is 0 Å². The van der Waals surface area contributed by atoms with Crippen molar-refractivity contribution < 1.29 is 13.9 Å². The zero-order valence-corrected chi connectivity index (χ0v) is 18.3. The molecular formula is C19H24N6O5S. The Kier molecular flexibility index (Phi) is 7.13. The molecule has 0 radical (unpaired) electrons. The molecule has 3 aromatic heterocycles. The molecule has 3 heterocycles. The summed E-state index contributed by atoms with van der Waals surface area (Å²) in [6.45, 7) is 5.03. The third-order valence-corrected chi connectivity index (χ3v) is 5.34. The van der Waals surface area contributed by atoms with Gasteiger partial charge in [0, 0.05) is 13.7 Å². The summed E-state index contributed by atoms with van der Waals surface area (Å²) in [5.74, 6) is 0.605. The summed E-state index contributed by atoms with van der Waals surface area (Å²) in [6, 6.07) is 3.54. The highest BCUT2D eigenvalue weighted by Gasteiger charge is 2.22. The van der Waals surface area contributed by atoms with Crippen LogP contribution in [0.4, 0.5) is 5.82 Å². The van der Waals surface area contributed by atoms with Crippen LogP contribution >= 0.6 is 11.8 Å². The summed E-state index contributed by atoms with van der Waals surface area (Å²) >= 11 is 1.13. The second-order valence-corrected chi connectivity index (χ2v) is 8.11. The molecule has 0 unspecified atom stereocenters. The fraction of sp³-hybridized carbons (Fsp3) is 0.421. The summed E-state index contributed by atoms with van der Waals surface area (Å²) in [6.07, 6.45) is 1.55. The van der Waals surface area contributed by atoms with Crippen LogP contribution in [0.3, 0.4) is 0 Å². The fourth-order valence-corrected chi connectivity index (χ4v) is 3.80. The number of carbonyl (C=O) groups is 1. The number of nitrogens with one attached hydrogen (secondary N) is 1. The van der Waals surface area contributed by atoms with Gasteiger partial charge in [-0.25, -0.2) is 4.79 Å². The first-order valence-electron chi connectivity index (χ1n) is 9.58. The standard InChI is InChI=1S/C19H24N6O5S/c1-11(2)9-25-16(13-5-4-7-30-13)22-23-19(25)31-10-12(26)14-15(20)24(6-8-29-3)18(28)21-17(14)27/h4-5,7,11H,6,8-10,20H2,1-3H3,(H,21,27,28). The summed E-state index contributed by atoms with van der Waals surface area (Å²) in [4.78, 5) is 39.2. The first kappa shape index (κ1) is 22.6. The first-order valence-corrected chi connectivity index (χ1v) is 10.6. The number of ether oxygens (including phenoxy) is 1. The fourth-order valence-electron chi connectivity index (χ4n) is 2.98. The van der Waals surface area contributed by atoms with E-state index in [1.54, 1.807) is 18.4 Å². The second kappa shape index (κ2) is 9.79. The predicted octanol–water partition coefficient (Wildman–Crippen LogP) is 1.25. The zero-order chi connectivity index (χ0) is 22.5. The lowest BCUT2D eigenvalue weighted by atomic mass is 10.2. The van der Waals surface area contributed by atoms with Gasteiger partial charge in [-0.2, -0.15) is 0 Å². The highest BCUT2D eigenvalue weighted by atomic mass is 32.2. The minimum Gasteiger partial charge on any atom is -0.461 e. The van der Waals surface area contributed by atoms with Crippen LogP contribution in [0.15, 0.2) is 37.6 Å². The molecule has 0 spiro atoms. The van der Waals surface area contributed by atoms with Crippen molar-refractivity contribution in [3.8, 4) is 11.6 Å². The van der Waals surface area contributed by atoms with E-state index in [9.17, 15) is 14.4 Å². The Morgan fingerprint density at radius 2 is 2.10 bits per heavy atom. The quantitative estimate of drug-likeness (QED) is 0.345. The van der Waals surface area contributed by atoms with E-state index in [0.29, 0.717) is 29.2 Å².